The molecular formula is C22H22N2O7S. The van der Waals surface area contributed by atoms with E-state index in [1.54, 1.807) is 43.3 Å². The maximum absolute atomic E-state index is 13.2. The molecule has 3 atom stereocenters. The maximum Gasteiger partial charge on any atom is 0.441 e. The summed E-state index contributed by atoms with van der Waals surface area (Å²) in [6.45, 7) is 1.62. The smallest absolute Gasteiger partial charge is 0.441 e. The van der Waals surface area contributed by atoms with Crippen LogP contribution in [0.1, 0.15) is 35.3 Å². The van der Waals surface area contributed by atoms with Crippen LogP contribution in [0.25, 0.3) is 0 Å². The van der Waals surface area contributed by atoms with Crippen LogP contribution in [0.4, 0.5) is 4.79 Å². The first-order valence-electron chi connectivity index (χ1n) is 10.1. The zero-order chi connectivity index (χ0) is 22.7. The highest BCUT2D eigenvalue weighted by Crippen LogP contribution is 2.41. The van der Waals surface area contributed by atoms with Crippen LogP contribution in [0.3, 0.4) is 0 Å². The topological polar surface area (TPSA) is 129 Å². The zero-order valence-electron chi connectivity index (χ0n) is 17.3. The molecule has 4 rings (SSSR count). The highest BCUT2D eigenvalue weighted by Gasteiger charge is 2.42. The summed E-state index contributed by atoms with van der Waals surface area (Å²) in [6.07, 6.45) is 0.204. The molecule has 1 unspecified atom stereocenters. The second kappa shape index (κ2) is 8.99. The van der Waals surface area contributed by atoms with Crippen LogP contribution >= 0.6 is 0 Å². The number of ether oxygens (including phenoxy) is 2. The Bertz CT molecular complexity index is 1250. The number of fused-ring (bicyclic) bond motifs is 1. The number of nitrogens with one attached hydrogen (secondary N) is 1. The molecule has 2 aromatic carbocycles. The molecule has 1 aliphatic carbocycles. The van der Waals surface area contributed by atoms with E-state index in [0.29, 0.717) is 17.5 Å². The number of benzene rings is 2. The Morgan fingerprint density at radius 1 is 1.19 bits per heavy atom. The Labute approximate surface area is 184 Å². The number of aromatic amines is 1. The summed E-state index contributed by atoms with van der Waals surface area (Å²) in [6, 6.07) is 15.9. The Balaban J connectivity index is 1.55. The second-order valence-electron chi connectivity index (χ2n) is 7.68. The zero-order valence-corrected chi connectivity index (χ0v) is 18.1. The predicted molar refractivity (Wildman–Crippen MR) is 114 cm³/mol. The van der Waals surface area contributed by atoms with Crippen LogP contribution in [0.15, 0.2) is 63.9 Å². The molecule has 9 nitrogen and oxygen atoms in total. The summed E-state index contributed by atoms with van der Waals surface area (Å²) < 4.78 is 41.6. The van der Waals surface area contributed by atoms with E-state index < -0.39 is 32.2 Å². The lowest BCUT2D eigenvalue weighted by Crippen LogP contribution is -2.35. The Morgan fingerprint density at radius 2 is 1.91 bits per heavy atom. The van der Waals surface area contributed by atoms with Crippen molar-refractivity contribution in [1.82, 2.24) is 10.1 Å². The van der Waals surface area contributed by atoms with Gasteiger partial charge in [-0.3, -0.25) is 4.52 Å². The molecule has 0 bridgehead atoms. The monoisotopic (exact) mass is 458 g/mol. The summed E-state index contributed by atoms with van der Waals surface area (Å²) in [5.74, 6) is -1.00. The van der Waals surface area contributed by atoms with Crippen molar-refractivity contribution in [3.05, 3.63) is 81.8 Å². The van der Waals surface area contributed by atoms with Crippen LogP contribution in [-0.4, -0.2) is 30.0 Å². The van der Waals surface area contributed by atoms with E-state index in [2.05, 4.69) is 14.7 Å². The molecule has 0 aliphatic heterocycles. The van der Waals surface area contributed by atoms with Crippen molar-refractivity contribution in [3.8, 4) is 6.01 Å². The van der Waals surface area contributed by atoms with Gasteiger partial charge in [0.15, 0.2) is 0 Å². The number of H-pyrrole nitrogens is 1. The fourth-order valence-corrected chi connectivity index (χ4v) is 5.43. The number of hydrogen-bond acceptors (Lipinski definition) is 8. The second-order valence-corrected chi connectivity index (χ2v) is 9.67. The van der Waals surface area contributed by atoms with Crippen molar-refractivity contribution in [3.63, 3.8) is 0 Å². The first-order valence-corrected chi connectivity index (χ1v) is 11.6. The standard InChI is InChI=1S/C22H22N2O7S/c1-14(30-20-23-21(25)31-24-20)17-11-16-9-5-6-10-18(16)19(12-17)32(27,28)22(26)29-13-15-7-3-2-4-8-15/h2-10,14,17,19H,11-13H2,1H3,(H,23,24,25)/t14-,17-,19?/m1/s1. The highest BCUT2D eigenvalue weighted by molar-refractivity contribution is 8.05. The molecule has 1 heterocycles. The fourth-order valence-electron chi connectivity index (χ4n) is 3.91. The number of hydrogen-bond donors (Lipinski definition) is 1. The van der Waals surface area contributed by atoms with Gasteiger partial charge in [-0.15, -0.1) is 0 Å². The molecule has 0 saturated heterocycles. The summed E-state index contributed by atoms with van der Waals surface area (Å²) >= 11 is 0. The lowest BCUT2D eigenvalue weighted by molar-refractivity contribution is 0.123. The minimum absolute atomic E-state index is 0.0805. The molecule has 0 fully saturated rings. The quantitative estimate of drug-likeness (QED) is 0.558. The molecule has 0 amide bonds. The largest absolute Gasteiger partial charge is 0.459 e. The van der Waals surface area contributed by atoms with Gasteiger partial charge in [-0.05, 0) is 41.6 Å². The Kier molecular flexibility index (Phi) is 6.13. The van der Waals surface area contributed by atoms with E-state index in [0.717, 1.165) is 5.56 Å². The van der Waals surface area contributed by atoms with Gasteiger partial charge in [0.1, 0.15) is 12.7 Å². The van der Waals surface area contributed by atoms with Gasteiger partial charge in [-0.25, -0.2) is 23.0 Å². The van der Waals surface area contributed by atoms with Gasteiger partial charge in [0.25, 0.3) is 9.84 Å². The van der Waals surface area contributed by atoms with Gasteiger partial charge in [0.2, 0.25) is 0 Å². The maximum atomic E-state index is 13.2. The van der Waals surface area contributed by atoms with Crippen molar-refractivity contribution in [2.24, 2.45) is 5.92 Å². The molecule has 3 aromatic rings. The lowest BCUT2D eigenvalue weighted by atomic mass is 9.81. The normalized spacial score (nSPS) is 19.0. The van der Waals surface area contributed by atoms with Crippen molar-refractivity contribution in [1.29, 1.82) is 0 Å². The third kappa shape index (κ3) is 4.59. The summed E-state index contributed by atoms with van der Waals surface area (Å²) in [5, 5.41) is 1.17. The Morgan fingerprint density at radius 3 is 2.62 bits per heavy atom. The van der Waals surface area contributed by atoms with E-state index in [-0.39, 0.29) is 25.0 Å². The van der Waals surface area contributed by atoms with Gasteiger partial charge in [0, 0.05) is 5.92 Å². The van der Waals surface area contributed by atoms with Crippen molar-refractivity contribution in [2.75, 3.05) is 0 Å². The van der Waals surface area contributed by atoms with Crippen LogP contribution in [0.2, 0.25) is 0 Å². The van der Waals surface area contributed by atoms with Gasteiger partial charge < -0.3 is 9.47 Å². The van der Waals surface area contributed by atoms with E-state index in [4.69, 9.17) is 9.47 Å². The van der Waals surface area contributed by atoms with E-state index in [1.807, 2.05) is 18.2 Å². The number of carbonyl (C=O) groups is 1. The summed E-state index contributed by atoms with van der Waals surface area (Å²) in [7, 11) is -4.29. The minimum Gasteiger partial charge on any atom is -0.459 e. The van der Waals surface area contributed by atoms with Crippen LogP contribution in [0.5, 0.6) is 6.01 Å². The van der Waals surface area contributed by atoms with Crippen molar-refractivity contribution in [2.45, 2.75) is 37.7 Å². The number of carbonyl (C=O) groups excluding carboxylic acids is 1. The number of nitrogens with zero attached hydrogens (tertiary/aromatic N) is 1. The minimum atomic E-state index is -4.29. The van der Waals surface area contributed by atoms with E-state index in [9.17, 15) is 18.0 Å². The van der Waals surface area contributed by atoms with Gasteiger partial charge in [0.05, 0.1) is 5.25 Å². The molecule has 168 valence electrons. The number of sulfone groups is 1. The third-order valence-electron chi connectivity index (χ3n) is 5.59. The average molecular weight is 458 g/mol. The van der Waals surface area contributed by atoms with Crippen LogP contribution < -0.4 is 10.5 Å². The van der Waals surface area contributed by atoms with Crippen LogP contribution in [0, 0.1) is 5.92 Å². The average Bonchev–Trinajstić information content (AvgIpc) is 3.21. The molecular weight excluding hydrogens is 436 g/mol. The first-order chi connectivity index (χ1) is 15.3. The van der Waals surface area contributed by atoms with Gasteiger partial charge in [-0.1, -0.05) is 54.6 Å². The first kappa shape index (κ1) is 21.8. The molecule has 0 saturated carbocycles. The SMILES string of the molecule is C[C@@H](Oc1noc(=O)[nH]1)[C@@H]1Cc2ccccc2C(S(=O)(=O)C(=O)OCc2ccccc2)C1. The molecule has 1 aromatic heterocycles. The fraction of sp³-hybridized carbons (Fsp3) is 0.318. The van der Waals surface area contributed by atoms with Gasteiger partial charge >= 0.3 is 17.1 Å². The highest BCUT2D eigenvalue weighted by atomic mass is 32.2. The molecule has 0 radical (unpaired) electrons. The molecule has 1 aliphatic rings. The Hall–Kier alpha value is -3.40. The van der Waals surface area contributed by atoms with Crippen molar-refractivity contribution < 1.29 is 27.2 Å². The van der Waals surface area contributed by atoms with E-state index in [1.165, 1.54) is 0 Å². The van der Waals surface area contributed by atoms with Crippen LogP contribution in [-0.2, 0) is 27.6 Å². The molecule has 10 heteroatoms. The molecule has 32 heavy (non-hydrogen) atoms. The number of rotatable bonds is 6. The summed E-state index contributed by atoms with van der Waals surface area (Å²) in [5.41, 5.74) is 2.10. The molecule has 0 spiro atoms. The predicted octanol–water partition coefficient (Wildman–Crippen LogP) is 3.19. The van der Waals surface area contributed by atoms with Gasteiger partial charge in [-0.2, -0.15) is 0 Å². The molecule has 1 N–H and O–H groups in total. The number of aromatic nitrogens is 2. The van der Waals surface area contributed by atoms with E-state index >= 15 is 0 Å². The third-order valence-corrected chi connectivity index (χ3v) is 7.37. The van der Waals surface area contributed by atoms with Crippen molar-refractivity contribution >= 4 is 15.1 Å². The summed E-state index contributed by atoms with van der Waals surface area (Å²) in [4.78, 5) is 26.1. The lowest BCUT2D eigenvalue weighted by Gasteiger charge is -2.33.